The van der Waals surface area contributed by atoms with Gasteiger partial charge in [-0.25, -0.2) is 4.79 Å². The van der Waals surface area contributed by atoms with Crippen molar-refractivity contribution in [1.29, 1.82) is 5.41 Å². The zero-order valence-corrected chi connectivity index (χ0v) is 7.81. The molecule has 15 heavy (non-hydrogen) atoms. The molecule has 0 fully saturated rings. The van der Waals surface area contributed by atoms with E-state index >= 15 is 0 Å². The Bertz CT molecular complexity index is 350. The first-order valence-electron chi connectivity index (χ1n) is 3.87. The molecule has 6 N–H and O–H groups in total. The van der Waals surface area contributed by atoms with Crippen LogP contribution < -0.4 is 11.5 Å². The summed E-state index contributed by atoms with van der Waals surface area (Å²) in [6.07, 6.45) is 0. The molecule has 1 amide bonds. The molecule has 1 aromatic carbocycles. The second-order valence-corrected chi connectivity index (χ2v) is 2.45. The van der Waals surface area contributed by atoms with Crippen LogP contribution in [0.4, 0.5) is 0 Å². The van der Waals surface area contributed by atoms with E-state index in [0.29, 0.717) is 0 Å². The molecule has 0 aliphatic rings. The first-order valence-corrected chi connectivity index (χ1v) is 3.87. The highest BCUT2D eigenvalue weighted by atomic mass is 16.4. The van der Waals surface area contributed by atoms with Crippen molar-refractivity contribution >= 4 is 17.7 Å². The lowest BCUT2D eigenvalue weighted by Crippen LogP contribution is -2.21. The summed E-state index contributed by atoms with van der Waals surface area (Å²) in [4.78, 5) is 18.5. The van der Waals surface area contributed by atoms with Gasteiger partial charge < -0.3 is 16.6 Å². The van der Waals surface area contributed by atoms with Crippen molar-refractivity contribution in [3.63, 3.8) is 0 Å². The smallest absolute Gasteiger partial charge is 0.394 e. The SMILES string of the molecule is N=C(N)c1ccccc1.NC(=O)C(=O)O. The van der Waals surface area contributed by atoms with Crippen molar-refractivity contribution in [2.45, 2.75) is 0 Å². The molecular formula is C9H11N3O3. The van der Waals surface area contributed by atoms with Crippen molar-refractivity contribution in [2.24, 2.45) is 11.5 Å². The maximum Gasteiger partial charge on any atom is 0.394 e. The zero-order chi connectivity index (χ0) is 11.8. The minimum Gasteiger partial charge on any atom is -0.474 e. The lowest BCUT2D eigenvalue weighted by molar-refractivity contribution is -0.148. The van der Waals surface area contributed by atoms with Gasteiger partial charge in [-0.05, 0) is 0 Å². The number of hydrogen-bond acceptors (Lipinski definition) is 3. The number of nitrogens with two attached hydrogens (primary N) is 2. The van der Waals surface area contributed by atoms with Crippen LogP contribution in [-0.2, 0) is 9.59 Å². The summed E-state index contributed by atoms with van der Waals surface area (Å²) in [5.74, 6) is -2.80. The highest BCUT2D eigenvalue weighted by Gasteiger charge is 2.00. The molecule has 0 radical (unpaired) electrons. The average Bonchev–Trinajstić information content (AvgIpc) is 2.20. The van der Waals surface area contributed by atoms with E-state index in [2.05, 4.69) is 5.73 Å². The number of primary amides is 1. The Morgan fingerprint density at radius 1 is 1.13 bits per heavy atom. The summed E-state index contributed by atoms with van der Waals surface area (Å²) in [6.45, 7) is 0. The number of amidine groups is 1. The minimum absolute atomic E-state index is 0.121. The zero-order valence-electron chi connectivity index (χ0n) is 7.81. The summed E-state index contributed by atoms with van der Waals surface area (Å²) < 4.78 is 0. The van der Waals surface area contributed by atoms with Crippen molar-refractivity contribution in [1.82, 2.24) is 0 Å². The average molecular weight is 209 g/mol. The van der Waals surface area contributed by atoms with E-state index in [4.69, 9.17) is 16.2 Å². The Hall–Kier alpha value is -2.37. The Labute approximate surface area is 86.0 Å². The number of aliphatic carboxylic acids is 1. The van der Waals surface area contributed by atoms with Gasteiger partial charge in [0.05, 0.1) is 0 Å². The van der Waals surface area contributed by atoms with E-state index in [1.54, 1.807) is 0 Å². The van der Waals surface area contributed by atoms with Gasteiger partial charge in [0, 0.05) is 5.56 Å². The van der Waals surface area contributed by atoms with Gasteiger partial charge in [-0.1, -0.05) is 30.3 Å². The fourth-order valence-electron chi connectivity index (χ4n) is 0.618. The number of carboxylic acid groups (broad SMARTS) is 1. The number of hydrogen-bond donors (Lipinski definition) is 4. The van der Waals surface area contributed by atoms with Gasteiger partial charge >= 0.3 is 11.9 Å². The molecule has 0 atom stereocenters. The van der Waals surface area contributed by atoms with Crippen molar-refractivity contribution in [3.05, 3.63) is 35.9 Å². The number of carboxylic acids is 1. The van der Waals surface area contributed by atoms with Crippen LogP contribution in [0.3, 0.4) is 0 Å². The second-order valence-electron chi connectivity index (χ2n) is 2.45. The maximum absolute atomic E-state index is 9.32. The van der Waals surface area contributed by atoms with Crippen molar-refractivity contribution in [3.8, 4) is 0 Å². The highest BCUT2D eigenvalue weighted by Crippen LogP contribution is 1.94. The molecule has 0 saturated heterocycles. The van der Waals surface area contributed by atoms with E-state index in [1.807, 2.05) is 30.3 Å². The van der Waals surface area contributed by atoms with Crippen LogP contribution in [0.25, 0.3) is 0 Å². The molecule has 6 nitrogen and oxygen atoms in total. The molecule has 0 aromatic heterocycles. The van der Waals surface area contributed by atoms with Crippen LogP contribution in [0.1, 0.15) is 5.56 Å². The predicted octanol–water partition coefficient (Wildman–Crippen LogP) is -0.473. The van der Waals surface area contributed by atoms with Gasteiger partial charge in [0.15, 0.2) is 0 Å². The second kappa shape index (κ2) is 6.14. The normalized spacial score (nSPS) is 8.27. The monoisotopic (exact) mass is 209 g/mol. The molecule has 0 spiro atoms. The fraction of sp³-hybridized carbons (Fsp3) is 0. The molecule has 0 bridgehead atoms. The van der Waals surface area contributed by atoms with E-state index in [1.165, 1.54) is 0 Å². The van der Waals surface area contributed by atoms with E-state index in [0.717, 1.165) is 5.56 Å². The van der Waals surface area contributed by atoms with Crippen LogP contribution in [0.15, 0.2) is 30.3 Å². The van der Waals surface area contributed by atoms with Crippen LogP contribution in [0.2, 0.25) is 0 Å². The van der Waals surface area contributed by atoms with Gasteiger partial charge in [-0.15, -0.1) is 0 Å². The maximum atomic E-state index is 9.32. The largest absolute Gasteiger partial charge is 0.474 e. The summed E-state index contributed by atoms with van der Waals surface area (Å²) in [5.41, 5.74) is 10.2. The van der Waals surface area contributed by atoms with Gasteiger partial charge in [-0.3, -0.25) is 10.2 Å². The first kappa shape index (κ1) is 12.6. The van der Waals surface area contributed by atoms with Crippen LogP contribution in [-0.4, -0.2) is 22.8 Å². The highest BCUT2D eigenvalue weighted by molar-refractivity contribution is 6.30. The predicted molar refractivity (Wildman–Crippen MR) is 54.3 cm³/mol. The quantitative estimate of drug-likeness (QED) is 0.283. The van der Waals surface area contributed by atoms with E-state index in [-0.39, 0.29) is 5.84 Å². The molecular weight excluding hydrogens is 198 g/mol. The van der Waals surface area contributed by atoms with Crippen molar-refractivity contribution < 1.29 is 14.7 Å². The molecule has 0 heterocycles. The Morgan fingerprint density at radius 3 is 1.73 bits per heavy atom. The molecule has 0 aliphatic heterocycles. The molecule has 1 rings (SSSR count). The third-order valence-electron chi connectivity index (χ3n) is 1.30. The van der Waals surface area contributed by atoms with Gasteiger partial charge in [-0.2, -0.15) is 0 Å². The van der Waals surface area contributed by atoms with Gasteiger partial charge in [0.2, 0.25) is 0 Å². The molecule has 0 aliphatic carbocycles. The van der Waals surface area contributed by atoms with Crippen LogP contribution in [0, 0.1) is 5.41 Å². The van der Waals surface area contributed by atoms with Crippen molar-refractivity contribution in [2.75, 3.05) is 0 Å². The topological polar surface area (TPSA) is 130 Å². The molecule has 1 aromatic rings. The first-order chi connectivity index (χ1) is 6.95. The molecule has 0 unspecified atom stereocenters. The van der Waals surface area contributed by atoms with E-state index < -0.39 is 11.9 Å². The Balaban J connectivity index is 0.000000288. The van der Waals surface area contributed by atoms with Crippen LogP contribution in [0.5, 0.6) is 0 Å². The number of benzene rings is 1. The summed E-state index contributed by atoms with van der Waals surface area (Å²) in [6, 6.07) is 9.23. The summed E-state index contributed by atoms with van der Waals surface area (Å²) >= 11 is 0. The number of rotatable bonds is 1. The van der Waals surface area contributed by atoms with Crippen LogP contribution >= 0.6 is 0 Å². The van der Waals surface area contributed by atoms with E-state index in [9.17, 15) is 9.59 Å². The lowest BCUT2D eigenvalue weighted by Gasteiger charge is -1.93. The van der Waals surface area contributed by atoms with Gasteiger partial charge in [0.25, 0.3) is 0 Å². The van der Waals surface area contributed by atoms with Gasteiger partial charge in [0.1, 0.15) is 5.84 Å². The standard InChI is InChI=1S/C7H8N2.C2H3NO3/c8-7(9)6-4-2-1-3-5-6;3-1(4)2(5)6/h1-5H,(H3,8,9);(H2,3,4)(H,5,6). The number of carbonyl (C=O) groups is 2. The molecule has 6 heteroatoms. The number of amides is 1. The lowest BCUT2D eigenvalue weighted by atomic mass is 10.2. The molecule has 80 valence electrons. The number of nitrogen functional groups attached to an aromatic ring is 1. The third-order valence-corrected chi connectivity index (χ3v) is 1.30. The molecule has 0 saturated carbocycles. The third kappa shape index (κ3) is 5.81. The Kier molecular flexibility index (Phi) is 5.17. The Morgan fingerprint density at radius 2 is 1.53 bits per heavy atom. The number of carbonyl (C=O) groups excluding carboxylic acids is 1. The summed E-state index contributed by atoms with van der Waals surface area (Å²) in [7, 11) is 0. The minimum atomic E-state index is -1.60. The fourth-order valence-corrected chi connectivity index (χ4v) is 0.618. The number of nitrogens with one attached hydrogen (secondary N) is 1. The summed E-state index contributed by atoms with van der Waals surface area (Å²) in [5, 5.41) is 14.5.